The first kappa shape index (κ1) is 17.5. The molecule has 2 N–H and O–H groups in total. The minimum atomic E-state index is -0.297. The van der Waals surface area contributed by atoms with Crippen molar-refractivity contribution in [3.63, 3.8) is 0 Å². The Hall–Kier alpha value is -2.92. The molecule has 27 heavy (non-hydrogen) atoms. The summed E-state index contributed by atoms with van der Waals surface area (Å²) < 4.78 is 0. The van der Waals surface area contributed by atoms with Crippen molar-refractivity contribution in [3.05, 3.63) is 65.2 Å². The van der Waals surface area contributed by atoms with Crippen molar-refractivity contribution >= 4 is 34.3 Å². The summed E-state index contributed by atoms with van der Waals surface area (Å²) in [5.74, 6) is -0.461. The molecule has 6 heteroatoms. The third-order valence-corrected chi connectivity index (χ3v) is 4.70. The van der Waals surface area contributed by atoms with Crippen LogP contribution < -0.4 is 10.6 Å². The molecule has 1 heterocycles. The molecular formula is C21H18ClN3O2. The second-order valence-electron chi connectivity index (χ2n) is 6.60. The number of hydrogen-bond acceptors (Lipinski definition) is 3. The second kappa shape index (κ2) is 7.37. The quantitative estimate of drug-likeness (QED) is 0.712. The van der Waals surface area contributed by atoms with Crippen LogP contribution in [0.2, 0.25) is 5.02 Å². The van der Waals surface area contributed by atoms with Gasteiger partial charge in [0.05, 0.1) is 23.3 Å². The number of aromatic nitrogens is 1. The highest BCUT2D eigenvalue weighted by Crippen LogP contribution is 2.26. The van der Waals surface area contributed by atoms with Crippen LogP contribution >= 0.6 is 11.6 Å². The molecule has 5 nitrogen and oxygen atoms in total. The van der Waals surface area contributed by atoms with E-state index in [-0.39, 0.29) is 24.4 Å². The fraction of sp³-hybridized carbons (Fsp3) is 0.190. The summed E-state index contributed by atoms with van der Waals surface area (Å²) in [6.07, 6.45) is 2.03. The maximum absolute atomic E-state index is 12.8. The topological polar surface area (TPSA) is 71.1 Å². The van der Waals surface area contributed by atoms with E-state index in [0.29, 0.717) is 16.3 Å². The van der Waals surface area contributed by atoms with E-state index in [2.05, 4.69) is 15.6 Å². The Morgan fingerprint density at radius 1 is 1.07 bits per heavy atom. The Morgan fingerprint density at radius 3 is 2.56 bits per heavy atom. The number of nitrogens with one attached hydrogen (secondary N) is 2. The van der Waals surface area contributed by atoms with Gasteiger partial charge in [0.15, 0.2) is 0 Å². The molecule has 0 aliphatic heterocycles. The zero-order valence-electron chi connectivity index (χ0n) is 14.5. The number of amides is 2. The molecule has 0 bridgehead atoms. The van der Waals surface area contributed by atoms with Gasteiger partial charge in [-0.2, -0.15) is 0 Å². The summed E-state index contributed by atoms with van der Waals surface area (Å²) in [4.78, 5) is 29.3. The highest BCUT2D eigenvalue weighted by atomic mass is 35.5. The lowest BCUT2D eigenvalue weighted by Gasteiger charge is -2.11. The van der Waals surface area contributed by atoms with E-state index < -0.39 is 0 Å². The van der Waals surface area contributed by atoms with E-state index in [1.807, 2.05) is 36.4 Å². The van der Waals surface area contributed by atoms with Crippen LogP contribution in [0.5, 0.6) is 0 Å². The molecule has 3 aromatic rings. The average molecular weight is 380 g/mol. The van der Waals surface area contributed by atoms with Crippen LogP contribution in [0.25, 0.3) is 22.2 Å². The van der Waals surface area contributed by atoms with Crippen molar-refractivity contribution in [2.75, 3.05) is 6.54 Å². The minimum Gasteiger partial charge on any atom is -0.352 e. The number of nitrogens with zero attached hydrogens (tertiary/aromatic N) is 1. The lowest BCUT2D eigenvalue weighted by atomic mass is 10.0. The van der Waals surface area contributed by atoms with Crippen LogP contribution in [0.4, 0.5) is 0 Å². The smallest absolute Gasteiger partial charge is 0.252 e. The van der Waals surface area contributed by atoms with Crippen LogP contribution in [-0.2, 0) is 4.79 Å². The Balaban J connectivity index is 1.64. The van der Waals surface area contributed by atoms with E-state index in [1.165, 1.54) is 0 Å². The summed E-state index contributed by atoms with van der Waals surface area (Å²) in [6, 6.07) is 16.8. The molecule has 2 aromatic carbocycles. The molecule has 2 amide bonds. The molecule has 0 unspecified atom stereocenters. The van der Waals surface area contributed by atoms with Gasteiger partial charge < -0.3 is 10.6 Å². The van der Waals surface area contributed by atoms with E-state index in [1.54, 1.807) is 18.2 Å². The van der Waals surface area contributed by atoms with Gasteiger partial charge in [-0.25, -0.2) is 4.98 Å². The van der Waals surface area contributed by atoms with E-state index in [4.69, 9.17) is 11.6 Å². The van der Waals surface area contributed by atoms with Gasteiger partial charge in [-0.05, 0) is 37.1 Å². The lowest BCUT2D eigenvalue weighted by molar-refractivity contribution is -0.120. The predicted octanol–water partition coefficient (Wildman–Crippen LogP) is 3.56. The Bertz CT molecular complexity index is 1010. The van der Waals surface area contributed by atoms with Gasteiger partial charge in [-0.15, -0.1) is 0 Å². The SMILES string of the molecule is O=C(CNC(=O)c1cc(-c2ccc(Cl)cc2)nc2ccccc12)NC1CC1. The largest absolute Gasteiger partial charge is 0.352 e. The van der Waals surface area contributed by atoms with Gasteiger partial charge >= 0.3 is 0 Å². The first-order valence-electron chi connectivity index (χ1n) is 8.83. The molecule has 1 aliphatic rings. The summed E-state index contributed by atoms with van der Waals surface area (Å²) in [7, 11) is 0. The zero-order valence-corrected chi connectivity index (χ0v) is 15.3. The molecular weight excluding hydrogens is 362 g/mol. The molecule has 4 rings (SSSR count). The average Bonchev–Trinajstić information content (AvgIpc) is 3.49. The van der Waals surface area contributed by atoms with Gasteiger partial charge in [0.1, 0.15) is 0 Å². The Kier molecular flexibility index (Phi) is 4.77. The molecule has 0 spiro atoms. The molecule has 1 fully saturated rings. The number of carbonyl (C=O) groups is 2. The summed E-state index contributed by atoms with van der Waals surface area (Å²) in [6.45, 7) is -0.0394. The molecule has 0 atom stereocenters. The van der Waals surface area contributed by atoms with Crippen LogP contribution in [0.1, 0.15) is 23.2 Å². The van der Waals surface area contributed by atoms with E-state index in [9.17, 15) is 9.59 Å². The fourth-order valence-electron chi connectivity index (χ4n) is 2.89. The van der Waals surface area contributed by atoms with Crippen molar-refractivity contribution in [1.29, 1.82) is 0 Å². The highest BCUT2D eigenvalue weighted by molar-refractivity contribution is 6.30. The molecule has 1 aliphatic carbocycles. The molecule has 136 valence electrons. The van der Waals surface area contributed by atoms with Crippen molar-refractivity contribution in [2.24, 2.45) is 0 Å². The number of fused-ring (bicyclic) bond motifs is 1. The molecule has 1 aromatic heterocycles. The van der Waals surface area contributed by atoms with Crippen molar-refractivity contribution in [1.82, 2.24) is 15.6 Å². The molecule has 0 saturated heterocycles. The Labute approximate surface area is 161 Å². The number of rotatable bonds is 5. The number of benzene rings is 2. The van der Waals surface area contributed by atoms with Crippen LogP contribution in [0.3, 0.4) is 0 Å². The molecule has 0 radical (unpaired) electrons. The van der Waals surface area contributed by atoms with Gasteiger partial charge in [0.25, 0.3) is 5.91 Å². The van der Waals surface area contributed by atoms with Crippen LogP contribution in [0.15, 0.2) is 54.6 Å². The number of para-hydroxylation sites is 1. The number of carbonyl (C=O) groups excluding carboxylic acids is 2. The normalized spacial score (nSPS) is 13.4. The van der Waals surface area contributed by atoms with Crippen molar-refractivity contribution in [2.45, 2.75) is 18.9 Å². The summed E-state index contributed by atoms with van der Waals surface area (Å²) >= 11 is 5.96. The van der Waals surface area contributed by atoms with Gasteiger partial charge in [0.2, 0.25) is 5.91 Å². The van der Waals surface area contributed by atoms with Gasteiger partial charge in [-0.3, -0.25) is 9.59 Å². The minimum absolute atomic E-state index is 0.0394. The maximum atomic E-state index is 12.8. The highest BCUT2D eigenvalue weighted by Gasteiger charge is 2.23. The first-order valence-corrected chi connectivity index (χ1v) is 9.21. The predicted molar refractivity (Wildman–Crippen MR) is 106 cm³/mol. The number of halogens is 1. The second-order valence-corrected chi connectivity index (χ2v) is 7.04. The summed E-state index contributed by atoms with van der Waals surface area (Å²) in [5.41, 5.74) is 2.76. The first-order chi connectivity index (χ1) is 13.1. The van der Waals surface area contributed by atoms with Gasteiger partial charge in [0, 0.05) is 22.0 Å². The monoisotopic (exact) mass is 379 g/mol. The maximum Gasteiger partial charge on any atom is 0.252 e. The third-order valence-electron chi connectivity index (χ3n) is 4.45. The van der Waals surface area contributed by atoms with E-state index in [0.717, 1.165) is 29.3 Å². The fourth-order valence-corrected chi connectivity index (χ4v) is 3.02. The van der Waals surface area contributed by atoms with E-state index >= 15 is 0 Å². The lowest BCUT2D eigenvalue weighted by Crippen LogP contribution is -2.37. The summed E-state index contributed by atoms with van der Waals surface area (Å²) in [5, 5.41) is 6.96. The standard InChI is InChI=1S/C21H18ClN3O2/c22-14-7-5-13(6-8-14)19-11-17(16-3-1-2-4-18(16)25-19)21(27)23-12-20(26)24-15-9-10-15/h1-8,11,15H,9-10,12H2,(H,23,27)(H,24,26). The number of pyridine rings is 1. The van der Waals surface area contributed by atoms with Crippen LogP contribution in [0, 0.1) is 0 Å². The number of hydrogen-bond donors (Lipinski definition) is 2. The zero-order chi connectivity index (χ0) is 18.8. The van der Waals surface area contributed by atoms with Gasteiger partial charge in [-0.1, -0.05) is 41.9 Å². The van der Waals surface area contributed by atoms with Crippen molar-refractivity contribution in [3.8, 4) is 11.3 Å². The van der Waals surface area contributed by atoms with Crippen molar-refractivity contribution < 1.29 is 9.59 Å². The third kappa shape index (κ3) is 4.09. The molecule has 1 saturated carbocycles. The Morgan fingerprint density at radius 2 is 1.81 bits per heavy atom. The van der Waals surface area contributed by atoms with Crippen LogP contribution in [-0.4, -0.2) is 29.4 Å².